The van der Waals surface area contributed by atoms with E-state index < -0.39 is 16.4 Å². The van der Waals surface area contributed by atoms with Gasteiger partial charge in [-0.25, -0.2) is 0 Å². The predicted octanol–water partition coefficient (Wildman–Crippen LogP) is 2.84. The van der Waals surface area contributed by atoms with Crippen molar-refractivity contribution in [2.24, 2.45) is 0 Å². The van der Waals surface area contributed by atoms with Gasteiger partial charge in [0.25, 0.3) is 0 Å². The molecule has 2 rings (SSSR count). The minimum Gasteiger partial charge on any atom is -0.392 e. The smallest absolute Gasteiger partial charge is 0.327 e. The van der Waals surface area contributed by atoms with Crippen LogP contribution >= 0.6 is 0 Å². The molecule has 0 aliphatic rings. The third-order valence-electron chi connectivity index (χ3n) is 2.86. The Morgan fingerprint density at radius 2 is 1.80 bits per heavy atom. The highest BCUT2D eigenvalue weighted by Crippen LogP contribution is 2.27. The van der Waals surface area contributed by atoms with Crippen molar-refractivity contribution in [3.8, 4) is 0 Å². The van der Waals surface area contributed by atoms with E-state index in [9.17, 15) is 14.5 Å². The van der Waals surface area contributed by atoms with Crippen LogP contribution in [0, 0.1) is 15.9 Å². The van der Waals surface area contributed by atoms with Crippen LogP contribution in [0.15, 0.2) is 42.5 Å². The summed E-state index contributed by atoms with van der Waals surface area (Å²) in [5.41, 5.74) is 1.24. The quantitative estimate of drug-likeness (QED) is 0.650. The van der Waals surface area contributed by atoms with Gasteiger partial charge in [-0.05, 0) is 23.3 Å². The molecule has 20 heavy (non-hydrogen) atoms. The predicted molar refractivity (Wildman–Crippen MR) is 72.7 cm³/mol. The lowest BCUT2D eigenvalue weighted by Gasteiger charge is -2.08. The molecular formula is C14H13FN2O3. The number of halogens is 1. The molecule has 6 heteroatoms. The number of nitrogens with zero attached hydrogens (tertiary/aromatic N) is 1. The Bertz CT molecular complexity index is 614. The van der Waals surface area contributed by atoms with Crippen molar-refractivity contribution >= 4 is 11.4 Å². The first kappa shape index (κ1) is 14.0. The van der Waals surface area contributed by atoms with Gasteiger partial charge in [-0.1, -0.05) is 30.3 Å². The largest absolute Gasteiger partial charge is 0.392 e. The second-order valence-corrected chi connectivity index (χ2v) is 4.22. The Morgan fingerprint density at radius 3 is 2.40 bits per heavy atom. The van der Waals surface area contributed by atoms with E-state index in [1.807, 2.05) is 0 Å². The van der Waals surface area contributed by atoms with E-state index in [1.54, 1.807) is 24.3 Å². The molecule has 2 aromatic rings. The van der Waals surface area contributed by atoms with E-state index in [-0.39, 0.29) is 12.3 Å². The SMILES string of the molecule is O=[N+]([O-])c1c(F)cccc1NCc1ccc(CO)cc1. The molecule has 0 saturated carbocycles. The summed E-state index contributed by atoms with van der Waals surface area (Å²) in [5.74, 6) is -0.865. The Hall–Kier alpha value is -2.47. The topological polar surface area (TPSA) is 75.4 Å². The first-order valence-electron chi connectivity index (χ1n) is 5.97. The van der Waals surface area contributed by atoms with Gasteiger partial charge < -0.3 is 10.4 Å². The maximum atomic E-state index is 13.4. The van der Waals surface area contributed by atoms with Crippen LogP contribution < -0.4 is 5.32 Å². The molecule has 0 fully saturated rings. The number of nitro benzene ring substituents is 1. The summed E-state index contributed by atoms with van der Waals surface area (Å²) in [6, 6.07) is 11.0. The first-order chi connectivity index (χ1) is 9.61. The molecule has 5 nitrogen and oxygen atoms in total. The number of aliphatic hydroxyl groups is 1. The molecule has 0 atom stereocenters. The van der Waals surface area contributed by atoms with Crippen LogP contribution in [0.1, 0.15) is 11.1 Å². The van der Waals surface area contributed by atoms with Gasteiger partial charge in [0.05, 0.1) is 11.5 Å². The number of para-hydroxylation sites is 1. The summed E-state index contributed by atoms with van der Waals surface area (Å²) in [5, 5.41) is 22.6. The van der Waals surface area contributed by atoms with Gasteiger partial charge in [0.2, 0.25) is 5.82 Å². The molecular weight excluding hydrogens is 263 g/mol. The van der Waals surface area contributed by atoms with Crippen molar-refractivity contribution in [3.63, 3.8) is 0 Å². The fraction of sp³-hybridized carbons (Fsp3) is 0.143. The van der Waals surface area contributed by atoms with Crippen molar-refractivity contribution < 1.29 is 14.4 Å². The first-order valence-corrected chi connectivity index (χ1v) is 5.97. The highest BCUT2D eigenvalue weighted by Gasteiger charge is 2.19. The normalized spacial score (nSPS) is 10.3. The molecule has 0 spiro atoms. The minimum absolute atomic E-state index is 0.0386. The Balaban J connectivity index is 2.14. The zero-order chi connectivity index (χ0) is 14.5. The molecule has 0 saturated heterocycles. The lowest BCUT2D eigenvalue weighted by molar-refractivity contribution is -0.386. The van der Waals surface area contributed by atoms with Crippen LogP contribution in [-0.4, -0.2) is 10.0 Å². The van der Waals surface area contributed by atoms with Crippen LogP contribution in [0.25, 0.3) is 0 Å². The zero-order valence-electron chi connectivity index (χ0n) is 10.5. The molecule has 0 bridgehead atoms. The van der Waals surface area contributed by atoms with Crippen LogP contribution in [-0.2, 0) is 13.2 Å². The second-order valence-electron chi connectivity index (χ2n) is 4.22. The van der Waals surface area contributed by atoms with Gasteiger partial charge in [0.1, 0.15) is 5.69 Å². The van der Waals surface area contributed by atoms with Gasteiger partial charge in [-0.3, -0.25) is 10.1 Å². The molecule has 0 amide bonds. The summed E-state index contributed by atoms with van der Waals surface area (Å²) < 4.78 is 13.4. The number of hydrogen-bond donors (Lipinski definition) is 2. The number of benzene rings is 2. The van der Waals surface area contributed by atoms with E-state index in [4.69, 9.17) is 5.11 Å². The minimum atomic E-state index is -0.865. The van der Waals surface area contributed by atoms with E-state index in [2.05, 4.69) is 5.32 Å². The fourth-order valence-electron chi connectivity index (χ4n) is 1.80. The number of hydrogen-bond acceptors (Lipinski definition) is 4. The molecule has 0 unspecified atom stereocenters. The van der Waals surface area contributed by atoms with Crippen molar-refractivity contribution in [3.05, 3.63) is 69.5 Å². The molecule has 0 aliphatic carbocycles. The molecule has 0 radical (unpaired) electrons. The highest BCUT2D eigenvalue weighted by atomic mass is 19.1. The number of nitro groups is 1. The van der Waals surface area contributed by atoms with Crippen LogP contribution in [0.4, 0.5) is 15.8 Å². The van der Waals surface area contributed by atoms with Crippen LogP contribution in [0.2, 0.25) is 0 Å². The second kappa shape index (κ2) is 6.12. The number of rotatable bonds is 5. The number of anilines is 1. The zero-order valence-corrected chi connectivity index (χ0v) is 10.5. The summed E-state index contributed by atoms with van der Waals surface area (Å²) in [7, 11) is 0. The van der Waals surface area contributed by atoms with Gasteiger partial charge in [0, 0.05) is 6.54 Å². The van der Waals surface area contributed by atoms with E-state index in [0.717, 1.165) is 17.2 Å². The maximum Gasteiger partial charge on any atom is 0.327 e. The van der Waals surface area contributed by atoms with Crippen molar-refractivity contribution in [2.75, 3.05) is 5.32 Å². The maximum absolute atomic E-state index is 13.4. The lowest BCUT2D eigenvalue weighted by atomic mass is 10.1. The van der Waals surface area contributed by atoms with Gasteiger partial charge >= 0.3 is 5.69 Å². The number of aliphatic hydroxyl groups excluding tert-OH is 1. The third-order valence-corrected chi connectivity index (χ3v) is 2.86. The molecule has 0 aromatic heterocycles. The standard InChI is InChI=1S/C14H13FN2O3/c15-12-2-1-3-13(14(12)17(19)20)16-8-10-4-6-11(9-18)7-5-10/h1-7,16,18H,8-9H2. The molecule has 0 heterocycles. The fourth-order valence-corrected chi connectivity index (χ4v) is 1.80. The number of nitrogens with one attached hydrogen (secondary N) is 1. The molecule has 2 aromatic carbocycles. The average molecular weight is 276 g/mol. The van der Waals surface area contributed by atoms with Crippen LogP contribution in [0.3, 0.4) is 0 Å². The molecule has 0 aliphatic heterocycles. The molecule has 104 valence electrons. The average Bonchev–Trinajstić information content (AvgIpc) is 2.45. The summed E-state index contributed by atoms with van der Waals surface area (Å²) in [6.07, 6.45) is 0. The lowest BCUT2D eigenvalue weighted by Crippen LogP contribution is -2.04. The van der Waals surface area contributed by atoms with Crippen LogP contribution in [0.5, 0.6) is 0 Å². The van der Waals surface area contributed by atoms with Gasteiger partial charge in [0.15, 0.2) is 0 Å². The Kier molecular flexibility index (Phi) is 4.27. The summed E-state index contributed by atoms with van der Waals surface area (Å²) >= 11 is 0. The van der Waals surface area contributed by atoms with E-state index >= 15 is 0 Å². The monoisotopic (exact) mass is 276 g/mol. The highest BCUT2D eigenvalue weighted by molar-refractivity contribution is 5.62. The summed E-state index contributed by atoms with van der Waals surface area (Å²) in [4.78, 5) is 10.1. The van der Waals surface area contributed by atoms with Crippen molar-refractivity contribution in [1.82, 2.24) is 0 Å². The third kappa shape index (κ3) is 3.10. The molecule has 2 N–H and O–H groups in total. The van der Waals surface area contributed by atoms with E-state index in [0.29, 0.717) is 6.54 Å². The summed E-state index contributed by atoms with van der Waals surface area (Å²) in [6.45, 7) is 0.291. The van der Waals surface area contributed by atoms with Gasteiger partial charge in [-0.15, -0.1) is 0 Å². The van der Waals surface area contributed by atoms with Crippen molar-refractivity contribution in [2.45, 2.75) is 13.2 Å². The van der Waals surface area contributed by atoms with Gasteiger partial charge in [-0.2, -0.15) is 4.39 Å². The van der Waals surface area contributed by atoms with E-state index in [1.165, 1.54) is 12.1 Å². The Morgan fingerprint density at radius 1 is 1.15 bits per heavy atom. The van der Waals surface area contributed by atoms with Crippen molar-refractivity contribution in [1.29, 1.82) is 0 Å². The Labute approximate surface area is 114 Å².